The second-order valence-electron chi connectivity index (χ2n) is 9.98. The Bertz CT molecular complexity index is 1910. The molecule has 0 bridgehead atoms. The lowest BCUT2D eigenvalue weighted by molar-refractivity contribution is -0.212. The molecule has 12 heteroatoms. The minimum absolute atomic E-state index is 0.0848. The first-order valence-corrected chi connectivity index (χ1v) is 14.5. The molecular formula is C33H23Cl2NO9. The fourth-order valence-electron chi connectivity index (χ4n) is 4.93. The molecule has 0 N–H and O–H groups in total. The van der Waals surface area contributed by atoms with Crippen molar-refractivity contribution in [3.05, 3.63) is 140 Å². The van der Waals surface area contributed by atoms with Crippen LogP contribution in [0.2, 0.25) is 10.0 Å². The Balaban J connectivity index is 1.45. The predicted octanol–water partition coefficient (Wildman–Crippen LogP) is 6.11. The van der Waals surface area contributed by atoms with Gasteiger partial charge in [0.1, 0.15) is 0 Å². The van der Waals surface area contributed by atoms with Gasteiger partial charge in [0, 0.05) is 6.07 Å². The highest BCUT2D eigenvalue weighted by atomic mass is 35.5. The largest absolute Gasteiger partial charge is 0.452 e. The van der Waals surface area contributed by atoms with Gasteiger partial charge in [-0.05, 0) is 42.5 Å². The molecule has 1 saturated heterocycles. The second kappa shape index (κ2) is 13.0. The molecule has 6 rings (SSSR count). The highest BCUT2D eigenvalue weighted by Gasteiger charge is 2.50. The van der Waals surface area contributed by atoms with E-state index in [2.05, 4.69) is 0 Å². The van der Waals surface area contributed by atoms with Crippen LogP contribution < -0.4 is 5.76 Å². The molecule has 228 valence electrons. The Morgan fingerprint density at radius 3 is 1.67 bits per heavy atom. The SMILES string of the molecule is O=C(OC1COC(n2c(=O)oc3cc(Cl)c(Cl)cc32)C(OC(=O)c2ccccc2)C1OC(=O)c1ccccc1)c1ccccc1. The maximum Gasteiger partial charge on any atom is 0.422 e. The van der Waals surface area contributed by atoms with Gasteiger partial charge in [0.05, 0.1) is 38.9 Å². The smallest absolute Gasteiger partial charge is 0.422 e. The van der Waals surface area contributed by atoms with Gasteiger partial charge >= 0.3 is 23.7 Å². The van der Waals surface area contributed by atoms with E-state index in [1.807, 2.05) is 0 Å². The van der Waals surface area contributed by atoms with E-state index in [1.54, 1.807) is 66.7 Å². The van der Waals surface area contributed by atoms with Crippen LogP contribution in [0.1, 0.15) is 37.3 Å². The highest BCUT2D eigenvalue weighted by Crippen LogP contribution is 2.35. The van der Waals surface area contributed by atoms with Gasteiger partial charge < -0.3 is 23.4 Å². The van der Waals surface area contributed by atoms with Crippen molar-refractivity contribution < 1.29 is 37.7 Å². The summed E-state index contributed by atoms with van der Waals surface area (Å²) in [6, 6.07) is 27.1. The number of ether oxygens (including phenoxy) is 4. The quantitative estimate of drug-likeness (QED) is 0.152. The third kappa shape index (κ3) is 6.34. The molecule has 0 spiro atoms. The maximum atomic E-state index is 13.5. The van der Waals surface area contributed by atoms with Crippen LogP contribution in [0, 0.1) is 0 Å². The van der Waals surface area contributed by atoms with Crippen LogP contribution >= 0.6 is 23.2 Å². The summed E-state index contributed by atoms with van der Waals surface area (Å²) in [6.07, 6.45) is -5.65. The number of aromatic nitrogens is 1. The molecule has 4 unspecified atom stereocenters. The van der Waals surface area contributed by atoms with E-state index in [4.69, 9.17) is 46.6 Å². The van der Waals surface area contributed by atoms with Crippen molar-refractivity contribution in [2.24, 2.45) is 0 Å². The second-order valence-corrected chi connectivity index (χ2v) is 10.8. The number of carbonyl (C=O) groups is 3. The van der Waals surface area contributed by atoms with Gasteiger partial charge in [-0.25, -0.2) is 23.7 Å². The summed E-state index contributed by atoms with van der Waals surface area (Å²) in [4.78, 5) is 53.3. The summed E-state index contributed by atoms with van der Waals surface area (Å²) in [7, 11) is 0. The molecule has 1 aromatic heterocycles. The third-order valence-corrected chi connectivity index (χ3v) is 7.81. The first-order chi connectivity index (χ1) is 21.8. The Morgan fingerprint density at radius 2 is 1.13 bits per heavy atom. The molecule has 1 fully saturated rings. The van der Waals surface area contributed by atoms with E-state index < -0.39 is 48.2 Å². The molecule has 2 heterocycles. The number of oxazole rings is 1. The Morgan fingerprint density at radius 1 is 0.667 bits per heavy atom. The van der Waals surface area contributed by atoms with E-state index in [1.165, 1.54) is 36.4 Å². The van der Waals surface area contributed by atoms with Crippen LogP contribution in [0.5, 0.6) is 0 Å². The molecule has 4 atom stereocenters. The zero-order chi connectivity index (χ0) is 31.5. The number of hydrogen-bond acceptors (Lipinski definition) is 9. The standard InChI is InChI=1S/C33H23Cl2NO9/c34-22-16-24-25(17-23(22)35)43-33(40)36(24)29-28(45-32(39)21-14-8-3-9-15-21)27(44-31(38)20-12-6-2-7-13-20)26(18-41-29)42-30(37)19-10-4-1-5-11-19/h1-17,26-29H,18H2. The maximum absolute atomic E-state index is 13.5. The number of nitrogens with zero attached hydrogens (tertiary/aromatic N) is 1. The van der Waals surface area contributed by atoms with E-state index in [-0.39, 0.29) is 44.4 Å². The van der Waals surface area contributed by atoms with E-state index in [9.17, 15) is 19.2 Å². The van der Waals surface area contributed by atoms with Crippen molar-refractivity contribution in [3.8, 4) is 0 Å². The number of carbonyl (C=O) groups excluding carboxylic acids is 3. The average molecular weight is 648 g/mol. The lowest BCUT2D eigenvalue weighted by Gasteiger charge is -2.40. The number of benzene rings is 4. The van der Waals surface area contributed by atoms with E-state index in [0.29, 0.717) is 0 Å². The number of esters is 3. The van der Waals surface area contributed by atoms with Gasteiger partial charge in [-0.15, -0.1) is 0 Å². The van der Waals surface area contributed by atoms with Crippen molar-refractivity contribution in [1.82, 2.24) is 4.57 Å². The normalized spacial score (nSPS) is 19.5. The summed E-state index contributed by atoms with van der Waals surface area (Å²) in [5, 5.41) is 0.262. The van der Waals surface area contributed by atoms with Crippen molar-refractivity contribution in [3.63, 3.8) is 0 Å². The minimum atomic E-state index is -1.53. The summed E-state index contributed by atoms with van der Waals surface area (Å²) in [6.45, 7) is -0.351. The third-order valence-electron chi connectivity index (χ3n) is 7.09. The molecule has 45 heavy (non-hydrogen) atoms. The molecule has 1 aliphatic heterocycles. The van der Waals surface area contributed by atoms with Gasteiger partial charge in [-0.2, -0.15) is 0 Å². The zero-order valence-electron chi connectivity index (χ0n) is 23.2. The first-order valence-electron chi connectivity index (χ1n) is 13.7. The Labute approximate surface area is 265 Å². The Kier molecular flexibility index (Phi) is 8.70. The highest BCUT2D eigenvalue weighted by molar-refractivity contribution is 6.42. The van der Waals surface area contributed by atoms with Gasteiger partial charge in [0.15, 0.2) is 30.1 Å². The van der Waals surface area contributed by atoms with Crippen LogP contribution in [0.15, 0.2) is 112 Å². The topological polar surface area (TPSA) is 123 Å². The molecule has 0 saturated carbocycles. The summed E-state index contributed by atoms with van der Waals surface area (Å²) < 4.78 is 30.2. The van der Waals surface area contributed by atoms with E-state index >= 15 is 0 Å². The molecule has 0 amide bonds. The number of fused-ring (bicyclic) bond motifs is 1. The van der Waals surface area contributed by atoms with Crippen LogP contribution in [-0.4, -0.2) is 47.4 Å². The molecular weight excluding hydrogens is 625 g/mol. The van der Waals surface area contributed by atoms with Gasteiger partial charge in [-0.3, -0.25) is 0 Å². The van der Waals surface area contributed by atoms with Crippen molar-refractivity contribution in [1.29, 1.82) is 0 Å². The number of rotatable bonds is 7. The number of halogens is 2. The predicted molar refractivity (Wildman–Crippen MR) is 162 cm³/mol. The van der Waals surface area contributed by atoms with Crippen molar-refractivity contribution in [2.45, 2.75) is 24.5 Å². The van der Waals surface area contributed by atoms with Crippen molar-refractivity contribution >= 4 is 52.2 Å². The fourth-order valence-corrected chi connectivity index (χ4v) is 5.24. The molecule has 1 aliphatic rings. The average Bonchev–Trinajstić information content (AvgIpc) is 3.37. The van der Waals surface area contributed by atoms with E-state index in [0.717, 1.165) is 4.57 Å². The molecule has 0 radical (unpaired) electrons. The monoisotopic (exact) mass is 647 g/mol. The lowest BCUT2D eigenvalue weighted by atomic mass is 10.0. The Hall–Kier alpha value is -4.90. The van der Waals surface area contributed by atoms with Gasteiger partial charge in [-0.1, -0.05) is 77.8 Å². The summed E-state index contributed by atoms with van der Waals surface area (Å²) >= 11 is 12.4. The van der Waals surface area contributed by atoms with Gasteiger partial charge in [0.2, 0.25) is 0 Å². The van der Waals surface area contributed by atoms with Crippen LogP contribution in [-0.2, 0) is 18.9 Å². The van der Waals surface area contributed by atoms with Crippen LogP contribution in [0.25, 0.3) is 11.1 Å². The summed E-state index contributed by atoms with van der Waals surface area (Å²) in [5.41, 5.74) is 0.852. The summed E-state index contributed by atoms with van der Waals surface area (Å²) in [5.74, 6) is -3.22. The molecule has 5 aromatic rings. The minimum Gasteiger partial charge on any atom is -0.452 e. The zero-order valence-corrected chi connectivity index (χ0v) is 24.7. The van der Waals surface area contributed by atoms with Gasteiger partial charge in [0.25, 0.3) is 0 Å². The van der Waals surface area contributed by atoms with Crippen LogP contribution in [0.4, 0.5) is 0 Å². The molecule has 10 nitrogen and oxygen atoms in total. The molecule has 4 aromatic carbocycles. The molecule has 0 aliphatic carbocycles. The first kappa shape index (κ1) is 30.1. The van der Waals surface area contributed by atoms with Crippen LogP contribution in [0.3, 0.4) is 0 Å². The number of hydrogen-bond donors (Lipinski definition) is 0. The van der Waals surface area contributed by atoms with Crippen molar-refractivity contribution in [2.75, 3.05) is 6.61 Å². The lowest BCUT2D eigenvalue weighted by Crippen LogP contribution is -2.56. The fraction of sp³-hybridized carbons (Fsp3) is 0.152.